The van der Waals surface area contributed by atoms with Gasteiger partial charge in [-0.2, -0.15) is 4.98 Å². The molecule has 0 radical (unpaired) electrons. The molecule has 0 unspecified atom stereocenters. The second-order valence-electron chi connectivity index (χ2n) is 8.53. The molecule has 6 rings (SSSR count). The van der Waals surface area contributed by atoms with E-state index >= 15 is 0 Å². The Morgan fingerprint density at radius 2 is 1.92 bits per heavy atom. The first-order chi connectivity index (χ1) is 11.7. The average molecular weight is 327 g/mol. The summed E-state index contributed by atoms with van der Waals surface area (Å²) < 4.78 is 5.47. The molecule has 0 saturated heterocycles. The molecule has 2 heterocycles. The minimum Gasteiger partial charge on any atom is -0.348 e. The van der Waals surface area contributed by atoms with Crippen LogP contribution >= 0.6 is 0 Å². The number of hydrogen-bond donors (Lipinski definition) is 2. The standard InChI is InChI=1S/C18H25N5O/c19-15(4-14-9-20-10-21-14)17-22-16(23-24-17)8-18-5-11-1-12(6-18)3-13(2-11)7-18/h9-13,15H,1-8,19H2,(H,20,21)/t11?,12?,13?,15-,18?/m0/s1. The molecular formula is C18H25N5O. The van der Waals surface area contributed by atoms with E-state index in [1.165, 1.54) is 38.5 Å². The highest BCUT2D eigenvalue weighted by molar-refractivity contribution is 5.07. The van der Waals surface area contributed by atoms with Gasteiger partial charge in [-0.15, -0.1) is 0 Å². The highest BCUT2D eigenvalue weighted by Crippen LogP contribution is 2.60. The summed E-state index contributed by atoms with van der Waals surface area (Å²) in [5.74, 6) is 4.25. The first-order valence-corrected chi connectivity index (χ1v) is 9.23. The van der Waals surface area contributed by atoms with E-state index in [2.05, 4.69) is 20.1 Å². The monoisotopic (exact) mass is 327 g/mol. The van der Waals surface area contributed by atoms with E-state index < -0.39 is 0 Å². The van der Waals surface area contributed by atoms with Crippen molar-refractivity contribution in [2.75, 3.05) is 0 Å². The van der Waals surface area contributed by atoms with E-state index in [4.69, 9.17) is 10.3 Å². The number of nitrogens with two attached hydrogens (primary N) is 1. The molecule has 24 heavy (non-hydrogen) atoms. The summed E-state index contributed by atoms with van der Waals surface area (Å²) in [4.78, 5) is 11.7. The Labute approximate surface area is 141 Å². The fourth-order valence-electron chi connectivity index (χ4n) is 6.05. The second kappa shape index (κ2) is 5.41. The molecule has 0 aliphatic heterocycles. The van der Waals surface area contributed by atoms with Gasteiger partial charge in [0.05, 0.1) is 12.4 Å². The van der Waals surface area contributed by atoms with Gasteiger partial charge in [-0.3, -0.25) is 0 Å². The van der Waals surface area contributed by atoms with E-state index in [9.17, 15) is 0 Å². The number of aromatic nitrogens is 4. The Morgan fingerprint density at radius 3 is 2.54 bits per heavy atom. The van der Waals surface area contributed by atoms with Crippen LogP contribution < -0.4 is 5.73 Å². The predicted molar refractivity (Wildman–Crippen MR) is 87.8 cm³/mol. The van der Waals surface area contributed by atoms with Crippen LogP contribution in [0.4, 0.5) is 0 Å². The number of nitrogens with zero attached hydrogens (tertiary/aromatic N) is 3. The number of imidazole rings is 1. The third-order valence-corrected chi connectivity index (χ3v) is 6.49. The summed E-state index contributed by atoms with van der Waals surface area (Å²) in [6.07, 6.45) is 13.5. The fraction of sp³-hybridized carbons (Fsp3) is 0.722. The van der Waals surface area contributed by atoms with E-state index in [0.717, 1.165) is 35.7 Å². The highest BCUT2D eigenvalue weighted by atomic mass is 16.5. The molecule has 0 spiro atoms. The van der Waals surface area contributed by atoms with E-state index in [1.807, 2.05) is 0 Å². The van der Waals surface area contributed by atoms with E-state index in [1.54, 1.807) is 12.5 Å². The van der Waals surface area contributed by atoms with E-state index in [0.29, 0.717) is 17.7 Å². The minimum absolute atomic E-state index is 0.275. The van der Waals surface area contributed by atoms with Gasteiger partial charge in [0.15, 0.2) is 5.82 Å². The average Bonchev–Trinajstić information content (AvgIpc) is 3.17. The molecule has 2 aromatic rings. The van der Waals surface area contributed by atoms with Gasteiger partial charge in [-0.05, 0) is 61.7 Å². The van der Waals surface area contributed by atoms with Gasteiger partial charge in [-0.1, -0.05) is 5.16 Å². The molecule has 4 aliphatic rings. The van der Waals surface area contributed by atoms with Crippen molar-refractivity contribution in [1.82, 2.24) is 20.1 Å². The largest absolute Gasteiger partial charge is 0.348 e. The van der Waals surface area contributed by atoms with Crippen molar-refractivity contribution in [3.63, 3.8) is 0 Å². The van der Waals surface area contributed by atoms with Crippen LogP contribution in [0, 0.1) is 23.2 Å². The number of nitrogens with one attached hydrogen (secondary N) is 1. The van der Waals surface area contributed by atoms with Crippen molar-refractivity contribution < 1.29 is 4.52 Å². The van der Waals surface area contributed by atoms with Crippen molar-refractivity contribution in [3.8, 4) is 0 Å². The van der Waals surface area contributed by atoms with Crippen LogP contribution in [0.5, 0.6) is 0 Å². The molecule has 1 atom stereocenters. The van der Waals surface area contributed by atoms with Gasteiger partial charge in [-0.25, -0.2) is 4.98 Å². The maximum absolute atomic E-state index is 6.22. The first-order valence-electron chi connectivity index (χ1n) is 9.23. The van der Waals surface area contributed by atoms with Gasteiger partial charge >= 0.3 is 0 Å². The normalized spacial score (nSPS) is 35.5. The van der Waals surface area contributed by atoms with Gasteiger partial charge in [0.1, 0.15) is 0 Å². The molecule has 0 aromatic carbocycles. The van der Waals surface area contributed by atoms with Crippen LogP contribution in [0.3, 0.4) is 0 Å². The fourth-order valence-corrected chi connectivity index (χ4v) is 6.05. The van der Waals surface area contributed by atoms with Crippen LogP contribution in [0.2, 0.25) is 0 Å². The lowest BCUT2D eigenvalue weighted by Gasteiger charge is -2.56. The third-order valence-electron chi connectivity index (χ3n) is 6.49. The lowest BCUT2D eigenvalue weighted by molar-refractivity contribution is -0.0533. The Balaban J connectivity index is 1.29. The summed E-state index contributed by atoms with van der Waals surface area (Å²) in [5.41, 5.74) is 7.64. The van der Waals surface area contributed by atoms with Crippen molar-refractivity contribution in [1.29, 1.82) is 0 Å². The maximum Gasteiger partial charge on any atom is 0.243 e. The molecule has 2 aromatic heterocycles. The SMILES string of the molecule is N[C@@H](Cc1cnc[nH]1)c1nc(CC23CC4CC(CC(C4)C2)C3)no1. The lowest BCUT2D eigenvalue weighted by Crippen LogP contribution is -2.47. The maximum atomic E-state index is 6.22. The molecule has 4 saturated carbocycles. The van der Waals surface area contributed by atoms with Crippen molar-refractivity contribution >= 4 is 0 Å². The highest BCUT2D eigenvalue weighted by Gasteiger charge is 2.51. The zero-order valence-corrected chi connectivity index (χ0v) is 13.9. The molecule has 4 fully saturated rings. The minimum atomic E-state index is -0.275. The van der Waals surface area contributed by atoms with Gasteiger partial charge in [0.2, 0.25) is 5.89 Å². The summed E-state index contributed by atoms with van der Waals surface area (Å²) in [5, 5.41) is 4.25. The van der Waals surface area contributed by atoms with Crippen molar-refractivity contribution in [2.45, 2.75) is 57.4 Å². The molecule has 4 aliphatic carbocycles. The molecule has 4 bridgehead atoms. The van der Waals surface area contributed by atoms with Crippen LogP contribution in [0.1, 0.15) is 62.0 Å². The van der Waals surface area contributed by atoms with Gasteiger partial charge in [0, 0.05) is 24.7 Å². The Morgan fingerprint density at radius 1 is 1.21 bits per heavy atom. The molecular weight excluding hydrogens is 302 g/mol. The summed E-state index contributed by atoms with van der Waals surface area (Å²) in [6, 6.07) is -0.275. The Bertz CT molecular complexity index is 672. The number of rotatable bonds is 5. The predicted octanol–water partition coefficient (Wildman–Crippen LogP) is 2.79. The first kappa shape index (κ1) is 14.6. The van der Waals surface area contributed by atoms with Crippen molar-refractivity contribution in [3.05, 3.63) is 29.9 Å². The molecule has 128 valence electrons. The third kappa shape index (κ3) is 2.57. The summed E-state index contributed by atoms with van der Waals surface area (Å²) >= 11 is 0. The number of aromatic amines is 1. The molecule has 0 amide bonds. The van der Waals surface area contributed by atoms with E-state index in [-0.39, 0.29) is 6.04 Å². The van der Waals surface area contributed by atoms with Crippen LogP contribution in [-0.2, 0) is 12.8 Å². The smallest absolute Gasteiger partial charge is 0.243 e. The molecule has 6 heteroatoms. The van der Waals surface area contributed by atoms with Crippen molar-refractivity contribution in [2.24, 2.45) is 28.9 Å². The topological polar surface area (TPSA) is 93.6 Å². The summed E-state index contributed by atoms with van der Waals surface area (Å²) in [7, 11) is 0. The van der Waals surface area contributed by atoms with Gasteiger partial charge < -0.3 is 15.2 Å². The van der Waals surface area contributed by atoms with Crippen LogP contribution in [0.25, 0.3) is 0 Å². The Hall–Kier alpha value is -1.69. The number of hydrogen-bond acceptors (Lipinski definition) is 5. The number of H-pyrrole nitrogens is 1. The quantitative estimate of drug-likeness (QED) is 0.880. The van der Waals surface area contributed by atoms with Crippen LogP contribution in [-0.4, -0.2) is 20.1 Å². The zero-order chi connectivity index (χ0) is 16.1. The summed E-state index contributed by atoms with van der Waals surface area (Å²) in [6.45, 7) is 0. The molecule has 6 nitrogen and oxygen atoms in total. The van der Waals surface area contributed by atoms with Gasteiger partial charge in [0.25, 0.3) is 0 Å². The second-order valence-corrected chi connectivity index (χ2v) is 8.53. The van der Waals surface area contributed by atoms with Crippen LogP contribution in [0.15, 0.2) is 17.0 Å². The molecule has 3 N–H and O–H groups in total. The lowest BCUT2D eigenvalue weighted by atomic mass is 9.49. The zero-order valence-electron chi connectivity index (χ0n) is 13.9. The Kier molecular flexibility index (Phi) is 3.30.